The third kappa shape index (κ3) is 4.10. The van der Waals surface area contributed by atoms with E-state index in [1.165, 1.54) is 12.1 Å². The standard InChI is InChI=1S/C19H22N2O6/c1-19(2,3)26-18(25)20-10-12(11-20)8-9-15(22)27-21-16(23)13-6-4-5-7-14(13)17(21)24/h4-7,12H,8-11H2,1-3H3. The molecule has 3 amide bonds. The number of likely N-dealkylation sites (tertiary alicyclic amines) is 1. The molecule has 0 aromatic heterocycles. The Morgan fingerprint density at radius 2 is 1.63 bits per heavy atom. The average Bonchev–Trinajstić information content (AvgIpc) is 2.77. The molecule has 0 bridgehead atoms. The highest BCUT2D eigenvalue weighted by molar-refractivity contribution is 6.20. The van der Waals surface area contributed by atoms with Crippen LogP contribution in [0.15, 0.2) is 24.3 Å². The van der Waals surface area contributed by atoms with Crippen molar-refractivity contribution in [3.05, 3.63) is 35.4 Å². The second-order valence-electron chi connectivity index (χ2n) is 7.70. The molecule has 27 heavy (non-hydrogen) atoms. The minimum Gasteiger partial charge on any atom is -0.444 e. The molecule has 1 aromatic rings. The van der Waals surface area contributed by atoms with E-state index in [9.17, 15) is 19.2 Å². The van der Waals surface area contributed by atoms with Crippen molar-refractivity contribution in [1.29, 1.82) is 0 Å². The summed E-state index contributed by atoms with van der Waals surface area (Å²) in [4.78, 5) is 54.7. The van der Waals surface area contributed by atoms with Gasteiger partial charge in [0.05, 0.1) is 11.1 Å². The summed E-state index contributed by atoms with van der Waals surface area (Å²) in [5.41, 5.74) is -0.0946. The van der Waals surface area contributed by atoms with Gasteiger partial charge in [0, 0.05) is 19.5 Å². The van der Waals surface area contributed by atoms with Crippen LogP contribution in [0.2, 0.25) is 0 Å². The molecule has 0 unspecified atom stereocenters. The van der Waals surface area contributed by atoms with E-state index < -0.39 is 23.4 Å². The lowest BCUT2D eigenvalue weighted by atomic mass is 9.95. The van der Waals surface area contributed by atoms with Crippen molar-refractivity contribution in [1.82, 2.24) is 9.96 Å². The SMILES string of the molecule is CC(C)(C)OC(=O)N1CC(CCC(=O)ON2C(=O)c3ccccc3C2=O)C1. The van der Waals surface area contributed by atoms with Gasteiger partial charge in [-0.25, -0.2) is 9.59 Å². The summed E-state index contributed by atoms with van der Waals surface area (Å²) in [6, 6.07) is 6.32. The number of carbonyl (C=O) groups is 4. The Labute approximate surface area is 157 Å². The molecular formula is C19H22N2O6. The van der Waals surface area contributed by atoms with Gasteiger partial charge in [0.2, 0.25) is 0 Å². The molecule has 144 valence electrons. The predicted molar refractivity (Wildman–Crippen MR) is 93.6 cm³/mol. The summed E-state index contributed by atoms with van der Waals surface area (Å²) in [5, 5.41) is 0.515. The number of amides is 3. The van der Waals surface area contributed by atoms with E-state index in [2.05, 4.69) is 0 Å². The molecule has 2 heterocycles. The van der Waals surface area contributed by atoms with Crippen LogP contribution in [0.25, 0.3) is 0 Å². The Morgan fingerprint density at radius 1 is 1.07 bits per heavy atom. The van der Waals surface area contributed by atoms with Crippen LogP contribution in [0.1, 0.15) is 54.3 Å². The Morgan fingerprint density at radius 3 is 2.15 bits per heavy atom. The van der Waals surface area contributed by atoms with Crippen molar-refractivity contribution >= 4 is 23.9 Å². The number of fused-ring (bicyclic) bond motifs is 1. The molecule has 0 saturated carbocycles. The molecule has 0 N–H and O–H groups in total. The Kier molecular flexibility index (Phi) is 4.91. The van der Waals surface area contributed by atoms with Gasteiger partial charge < -0.3 is 14.5 Å². The number of ether oxygens (including phenoxy) is 1. The monoisotopic (exact) mass is 374 g/mol. The number of hydroxylamine groups is 2. The summed E-state index contributed by atoms with van der Waals surface area (Å²) < 4.78 is 5.27. The van der Waals surface area contributed by atoms with Gasteiger partial charge in [-0.2, -0.15) is 0 Å². The lowest BCUT2D eigenvalue weighted by Crippen LogP contribution is -2.51. The molecule has 8 heteroatoms. The van der Waals surface area contributed by atoms with Crippen LogP contribution in [0, 0.1) is 5.92 Å². The zero-order chi connectivity index (χ0) is 19.8. The van der Waals surface area contributed by atoms with Gasteiger partial charge in [0.15, 0.2) is 0 Å². The van der Waals surface area contributed by atoms with E-state index in [1.54, 1.807) is 37.8 Å². The van der Waals surface area contributed by atoms with Crippen LogP contribution in [0.3, 0.4) is 0 Å². The third-order valence-corrected chi connectivity index (χ3v) is 4.32. The van der Waals surface area contributed by atoms with Crippen molar-refractivity contribution in [2.75, 3.05) is 13.1 Å². The van der Waals surface area contributed by atoms with Crippen molar-refractivity contribution < 1.29 is 28.8 Å². The molecule has 1 fully saturated rings. The van der Waals surface area contributed by atoms with E-state index in [4.69, 9.17) is 9.57 Å². The first-order valence-corrected chi connectivity index (χ1v) is 8.82. The minimum atomic E-state index is -0.653. The van der Waals surface area contributed by atoms with Gasteiger partial charge in [0.25, 0.3) is 11.8 Å². The van der Waals surface area contributed by atoms with Crippen LogP contribution < -0.4 is 0 Å². The number of hydrogen-bond acceptors (Lipinski definition) is 6. The highest BCUT2D eigenvalue weighted by Gasteiger charge is 2.39. The number of rotatable bonds is 4. The Hall–Kier alpha value is -2.90. The number of benzene rings is 1. The zero-order valence-electron chi connectivity index (χ0n) is 15.6. The van der Waals surface area contributed by atoms with Gasteiger partial charge in [-0.1, -0.05) is 17.2 Å². The fourth-order valence-corrected chi connectivity index (χ4v) is 2.95. The van der Waals surface area contributed by atoms with E-state index in [0.29, 0.717) is 24.6 Å². The van der Waals surface area contributed by atoms with E-state index in [1.807, 2.05) is 0 Å². The first kappa shape index (κ1) is 18.9. The van der Waals surface area contributed by atoms with Gasteiger partial charge >= 0.3 is 12.1 Å². The fourth-order valence-electron chi connectivity index (χ4n) is 2.95. The quantitative estimate of drug-likeness (QED) is 0.751. The van der Waals surface area contributed by atoms with Gasteiger partial charge in [-0.15, -0.1) is 0 Å². The van der Waals surface area contributed by atoms with Crippen LogP contribution >= 0.6 is 0 Å². The second-order valence-corrected chi connectivity index (χ2v) is 7.70. The van der Waals surface area contributed by atoms with Crippen molar-refractivity contribution in [3.8, 4) is 0 Å². The van der Waals surface area contributed by atoms with Gasteiger partial charge in [-0.05, 0) is 45.2 Å². The Balaban J connectivity index is 1.43. The fraction of sp³-hybridized carbons (Fsp3) is 0.474. The largest absolute Gasteiger partial charge is 0.444 e. The van der Waals surface area contributed by atoms with E-state index in [0.717, 1.165) is 0 Å². The first-order valence-electron chi connectivity index (χ1n) is 8.82. The average molecular weight is 374 g/mol. The Bertz CT molecular complexity index is 757. The molecule has 1 aromatic carbocycles. The van der Waals surface area contributed by atoms with Crippen molar-refractivity contribution in [3.63, 3.8) is 0 Å². The summed E-state index contributed by atoms with van der Waals surface area (Å²) >= 11 is 0. The lowest BCUT2D eigenvalue weighted by Gasteiger charge is -2.39. The summed E-state index contributed by atoms with van der Waals surface area (Å²) in [5.74, 6) is -1.76. The van der Waals surface area contributed by atoms with Crippen LogP contribution in [0.4, 0.5) is 4.79 Å². The smallest absolute Gasteiger partial charge is 0.410 e. The van der Waals surface area contributed by atoms with Crippen LogP contribution in [0.5, 0.6) is 0 Å². The zero-order valence-corrected chi connectivity index (χ0v) is 15.6. The molecule has 2 aliphatic heterocycles. The maximum absolute atomic E-state index is 12.1. The molecule has 0 atom stereocenters. The maximum atomic E-state index is 12.1. The van der Waals surface area contributed by atoms with E-state index >= 15 is 0 Å². The topological polar surface area (TPSA) is 93.2 Å². The minimum absolute atomic E-state index is 0.0558. The van der Waals surface area contributed by atoms with E-state index in [-0.39, 0.29) is 29.6 Å². The number of imide groups is 1. The molecular weight excluding hydrogens is 352 g/mol. The summed E-state index contributed by atoms with van der Waals surface area (Å²) in [6.45, 7) is 6.43. The highest BCUT2D eigenvalue weighted by atomic mass is 16.7. The third-order valence-electron chi connectivity index (χ3n) is 4.32. The van der Waals surface area contributed by atoms with Gasteiger partial charge in [-0.3, -0.25) is 9.59 Å². The van der Waals surface area contributed by atoms with Crippen molar-refractivity contribution in [2.24, 2.45) is 5.92 Å². The first-order chi connectivity index (χ1) is 12.7. The molecule has 0 spiro atoms. The highest BCUT2D eigenvalue weighted by Crippen LogP contribution is 2.25. The number of hydrogen-bond donors (Lipinski definition) is 0. The second kappa shape index (κ2) is 7.02. The van der Waals surface area contributed by atoms with Crippen LogP contribution in [-0.4, -0.2) is 52.5 Å². The molecule has 0 radical (unpaired) electrons. The van der Waals surface area contributed by atoms with Gasteiger partial charge in [0.1, 0.15) is 5.60 Å². The number of carbonyl (C=O) groups excluding carboxylic acids is 4. The summed E-state index contributed by atoms with van der Waals surface area (Å²) in [6.07, 6.45) is 0.189. The van der Waals surface area contributed by atoms with Crippen LogP contribution in [-0.2, 0) is 14.4 Å². The maximum Gasteiger partial charge on any atom is 0.410 e. The van der Waals surface area contributed by atoms with Crippen molar-refractivity contribution in [2.45, 2.75) is 39.2 Å². The lowest BCUT2D eigenvalue weighted by molar-refractivity contribution is -0.169. The molecule has 0 aliphatic carbocycles. The molecule has 2 aliphatic rings. The summed E-state index contributed by atoms with van der Waals surface area (Å²) in [7, 11) is 0. The molecule has 8 nitrogen and oxygen atoms in total. The molecule has 1 saturated heterocycles. The predicted octanol–water partition coefficient (Wildman–Crippen LogP) is 2.39. The number of nitrogens with zero attached hydrogens (tertiary/aromatic N) is 2. The normalized spacial score (nSPS) is 16.9. The molecule has 3 rings (SSSR count).